The Hall–Kier alpha value is -1.58. The van der Waals surface area contributed by atoms with Crippen LogP contribution in [-0.4, -0.2) is 25.2 Å². The highest BCUT2D eigenvalue weighted by Crippen LogP contribution is 2.72. The van der Waals surface area contributed by atoms with Crippen molar-refractivity contribution in [1.82, 2.24) is 0 Å². The smallest absolute Gasteiger partial charge is 0.308 e. The molecule has 4 heteroatoms. The molecule has 0 aromatic carbocycles. The lowest BCUT2D eigenvalue weighted by molar-refractivity contribution is -0.167. The van der Waals surface area contributed by atoms with Crippen molar-refractivity contribution in [2.24, 2.45) is 39.4 Å². The largest absolute Gasteiger partial charge is 0.469 e. The maximum atomic E-state index is 13.1. The zero-order valence-corrected chi connectivity index (χ0v) is 25.1. The zero-order chi connectivity index (χ0) is 27.4. The van der Waals surface area contributed by atoms with E-state index in [0.29, 0.717) is 11.8 Å². The van der Waals surface area contributed by atoms with Crippen molar-refractivity contribution in [2.75, 3.05) is 7.11 Å². The van der Waals surface area contributed by atoms with E-state index >= 15 is 0 Å². The Bertz CT molecular complexity index is 984. The molecule has 4 aliphatic carbocycles. The van der Waals surface area contributed by atoms with Crippen LogP contribution in [0.3, 0.4) is 0 Å². The Morgan fingerprint density at radius 3 is 2.27 bits per heavy atom. The number of fused-ring (bicyclic) bond motifs is 4. The van der Waals surface area contributed by atoms with Gasteiger partial charge in [-0.15, -0.1) is 0 Å². The highest BCUT2D eigenvalue weighted by atomic mass is 16.5. The second-order valence-corrected chi connectivity index (χ2v) is 14.3. The van der Waals surface area contributed by atoms with Crippen LogP contribution in [0.25, 0.3) is 0 Å². The summed E-state index contributed by atoms with van der Waals surface area (Å²) < 4.78 is 11.2. The van der Waals surface area contributed by atoms with Gasteiger partial charge in [-0.05, 0) is 106 Å². The first kappa shape index (κ1) is 28.4. The van der Waals surface area contributed by atoms with E-state index in [-0.39, 0.29) is 45.6 Å². The Morgan fingerprint density at radius 2 is 1.65 bits per heavy atom. The van der Waals surface area contributed by atoms with Gasteiger partial charge in [0.15, 0.2) is 0 Å². The third-order valence-electron chi connectivity index (χ3n) is 12.1. The molecular formula is C33H52O4. The van der Waals surface area contributed by atoms with Crippen LogP contribution in [0.5, 0.6) is 0 Å². The number of hydrogen-bond donors (Lipinski definition) is 0. The van der Waals surface area contributed by atoms with Gasteiger partial charge in [0.1, 0.15) is 6.10 Å². The molecular weight excluding hydrogens is 460 g/mol. The van der Waals surface area contributed by atoms with Crippen LogP contribution in [0.4, 0.5) is 0 Å². The number of allylic oxidation sites excluding steroid dienone is 4. The second kappa shape index (κ2) is 9.87. The van der Waals surface area contributed by atoms with E-state index in [0.717, 1.165) is 57.8 Å². The summed E-state index contributed by atoms with van der Waals surface area (Å²) in [6, 6.07) is 0. The van der Waals surface area contributed by atoms with Crippen molar-refractivity contribution in [3.05, 3.63) is 22.8 Å². The van der Waals surface area contributed by atoms with Crippen molar-refractivity contribution in [1.29, 1.82) is 0 Å². The molecule has 2 saturated carbocycles. The minimum absolute atomic E-state index is 0.00662. The summed E-state index contributed by atoms with van der Waals surface area (Å²) in [6.45, 7) is 18.0. The summed E-state index contributed by atoms with van der Waals surface area (Å²) >= 11 is 0. The van der Waals surface area contributed by atoms with Gasteiger partial charge in [-0.25, -0.2) is 0 Å². The number of rotatable bonds is 6. The number of esters is 2. The zero-order valence-electron chi connectivity index (χ0n) is 25.1. The lowest BCUT2D eigenvalue weighted by Crippen LogP contribution is -2.56. The average Bonchev–Trinajstić information content (AvgIpc) is 3.09. The fraction of sp³-hybridized carbons (Fsp3) is 0.818. The van der Waals surface area contributed by atoms with Crippen molar-refractivity contribution in [2.45, 2.75) is 126 Å². The predicted molar refractivity (Wildman–Crippen MR) is 149 cm³/mol. The van der Waals surface area contributed by atoms with Gasteiger partial charge in [0, 0.05) is 12.3 Å². The van der Waals surface area contributed by atoms with Crippen LogP contribution < -0.4 is 0 Å². The predicted octanol–water partition coefficient (Wildman–Crippen LogP) is 8.20. The standard InChI is InChI=1S/C33H52O4/c1-21(2)11-10-12-23(29(35)36-9)24-15-19-33(8)26-13-14-27-30(4,5)28(37-22(3)34)17-18-31(27,6)25(26)16-20-32(24,33)7/h11,23-24,27-28H,10,12-20H2,1-9H3/t23-,24-,27+,28-,31-,32-,33+/m1/s1. The maximum absolute atomic E-state index is 13.1. The van der Waals surface area contributed by atoms with Crippen LogP contribution in [0.2, 0.25) is 0 Å². The van der Waals surface area contributed by atoms with Gasteiger partial charge in [0.25, 0.3) is 0 Å². The van der Waals surface area contributed by atoms with Gasteiger partial charge in [-0.2, -0.15) is 0 Å². The van der Waals surface area contributed by atoms with Gasteiger partial charge < -0.3 is 9.47 Å². The third-order valence-corrected chi connectivity index (χ3v) is 12.1. The highest BCUT2D eigenvalue weighted by Gasteiger charge is 2.64. The van der Waals surface area contributed by atoms with Crippen molar-refractivity contribution >= 4 is 11.9 Å². The molecule has 0 N–H and O–H groups in total. The van der Waals surface area contributed by atoms with Crippen molar-refractivity contribution < 1.29 is 19.1 Å². The molecule has 0 amide bonds. The number of methoxy groups -OCH3 is 1. The van der Waals surface area contributed by atoms with Gasteiger partial charge in [-0.3, -0.25) is 9.59 Å². The Labute approximate surface area is 226 Å². The summed E-state index contributed by atoms with van der Waals surface area (Å²) in [5, 5.41) is 0. The fourth-order valence-electron chi connectivity index (χ4n) is 9.95. The van der Waals surface area contributed by atoms with Gasteiger partial charge in [-0.1, -0.05) is 57.4 Å². The number of carbonyl (C=O) groups excluding carboxylic acids is 2. The molecule has 7 atom stereocenters. The van der Waals surface area contributed by atoms with Gasteiger partial charge in [0.2, 0.25) is 0 Å². The molecule has 4 rings (SSSR count). The molecule has 0 saturated heterocycles. The maximum Gasteiger partial charge on any atom is 0.308 e. The van der Waals surface area contributed by atoms with Gasteiger partial charge >= 0.3 is 11.9 Å². The van der Waals surface area contributed by atoms with E-state index in [1.807, 2.05) is 0 Å². The van der Waals surface area contributed by atoms with E-state index in [1.165, 1.54) is 12.0 Å². The minimum atomic E-state index is -0.153. The van der Waals surface area contributed by atoms with E-state index in [4.69, 9.17) is 9.47 Å². The highest BCUT2D eigenvalue weighted by molar-refractivity contribution is 5.73. The molecule has 0 spiro atoms. The molecule has 0 heterocycles. The molecule has 0 aromatic heterocycles. The summed E-state index contributed by atoms with van der Waals surface area (Å²) in [7, 11) is 1.56. The minimum Gasteiger partial charge on any atom is -0.469 e. The molecule has 4 aliphatic rings. The van der Waals surface area contributed by atoms with Crippen LogP contribution in [0.15, 0.2) is 22.8 Å². The van der Waals surface area contributed by atoms with E-state index in [1.54, 1.807) is 25.2 Å². The summed E-state index contributed by atoms with van der Waals surface area (Å²) in [4.78, 5) is 25.0. The number of carbonyl (C=O) groups is 2. The van der Waals surface area contributed by atoms with Crippen LogP contribution in [0, 0.1) is 39.4 Å². The Morgan fingerprint density at radius 1 is 0.946 bits per heavy atom. The molecule has 208 valence electrons. The molecule has 4 nitrogen and oxygen atoms in total. The molecule has 2 fully saturated rings. The number of hydrogen-bond acceptors (Lipinski definition) is 4. The normalized spacial score (nSPS) is 39.1. The molecule has 0 radical (unpaired) electrons. The van der Waals surface area contributed by atoms with E-state index in [9.17, 15) is 9.59 Å². The van der Waals surface area contributed by atoms with Crippen LogP contribution >= 0.6 is 0 Å². The van der Waals surface area contributed by atoms with E-state index < -0.39 is 0 Å². The summed E-state index contributed by atoms with van der Waals surface area (Å²) in [6.07, 6.45) is 13.0. The molecule has 0 aromatic rings. The average molecular weight is 513 g/mol. The first-order valence-corrected chi connectivity index (χ1v) is 14.8. The summed E-state index contributed by atoms with van der Waals surface area (Å²) in [5.41, 5.74) is 5.14. The Balaban J connectivity index is 1.67. The fourth-order valence-corrected chi connectivity index (χ4v) is 9.95. The van der Waals surface area contributed by atoms with Crippen molar-refractivity contribution in [3.8, 4) is 0 Å². The van der Waals surface area contributed by atoms with E-state index in [2.05, 4.69) is 54.5 Å². The van der Waals surface area contributed by atoms with Crippen LogP contribution in [-0.2, 0) is 19.1 Å². The second-order valence-electron chi connectivity index (χ2n) is 14.3. The Kier molecular flexibility index (Phi) is 7.58. The quantitative estimate of drug-likeness (QED) is 0.266. The topological polar surface area (TPSA) is 52.6 Å². The SMILES string of the molecule is COC(=O)[C@H](CCC=C(C)C)[C@H]1CC[C@@]2(C)C3=C(CC[C@]12C)[C@@]1(C)CC[C@@H](OC(C)=O)C(C)(C)[C@@H]1CC3. The molecule has 0 bridgehead atoms. The lowest BCUT2D eigenvalue weighted by atomic mass is 9.43. The monoisotopic (exact) mass is 512 g/mol. The molecule has 0 aliphatic heterocycles. The molecule has 37 heavy (non-hydrogen) atoms. The van der Waals surface area contributed by atoms with Gasteiger partial charge in [0.05, 0.1) is 13.0 Å². The first-order valence-electron chi connectivity index (χ1n) is 14.8. The van der Waals surface area contributed by atoms with Crippen molar-refractivity contribution in [3.63, 3.8) is 0 Å². The first-order chi connectivity index (χ1) is 17.2. The molecule has 0 unspecified atom stereocenters. The lowest BCUT2D eigenvalue weighted by Gasteiger charge is -2.62. The van der Waals surface area contributed by atoms with Crippen LogP contribution in [0.1, 0.15) is 120 Å². The number of ether oxygens (including phenoxy) is 2. The third kappa shape index (κ3) is 4.42. The summed E-state index contributed by atoms with van der Waals surface area (Å²) in [5.74, 6) is 0.693.